The molecule has 0 aliphatic heterocycles. The molecular weight excluding hydrogens is 320 g/mol. The van der Waals surface area contributed by atoms with Crippen molar-refractivity contribution in [2.24, 2.45) is 0 Å². The smallest absolute Gasteiger partial charge is 0.336 e. The van der Waals surface area contributed by atoms with Crippen LogP contribution in [0.3, 0.4) is 0 Å². The summed E-state index contributed by atoms with van der Waals surface area (Å²) >= 11 is 0. The van der Waals surface area contributed by atoms with Crippen molar-refractivity contribution in [2.45, 2.75) is 23.6 Å². The van der Waals surface area contributed by atoms with E-state index in [1.807, 2.05) is 6.92 Å². The number of rotatable bonds is 4. The molecule has 0 fully saturated rings. The van der Waals surface area contributed by atoms with Gasteiger partial charge < -0.3 is 10.2 Å². The number of carboxylic acids is 2. The zero-order valence-corrected chi connectivity index (χ0v) is 13.2. The summed E-state index contributed by atoms with van der Waals surface area (Å²) in [5.74, 6) is -2.93. The average Bonchev–Trinajstić information content (AvgIpc) is 2.45. The zero-order valence-electron chi connectivity index (χ0n) is 12.4. The Bertz CT molecular complexity index is 912. The first-order valence-corrected chi connectivity index (χ1v) is 8.06. The van der Waals surface area contributed by atoms with Gasteiger partial charge in [0, 0.05) is 0 Å². The van der Waals surface area contributed by atoms with E-state index in [0.717, 1.165) is 23.8 Å². The van der Waals surface area contributed by atoms with Crippen molar-refractivity contribution in [3.8, 4) is 0 Å². The topological polar surface area (TPSA) is 109 Å². The minimum absolute atomic E-state index is 0.0579. The third-order valence-electron chi connectivity index (χ3n) is 3.38. The zero-order chi connectivity index (χ0) is 17.4. The molecule has 0 radical (unpaired) electrons. The normalized spacial score (nSPS) is 11.2. The SMILES string of the molecule is Cc1ccc(S(=O)(=O)c2ccc(C(=O)O)c(C(=O)O)c2)c(C)c1. The lowest BCUT2D eigenvalue weighted by Crippen LogP contribution is -2.11. The molecule has 0 amide bonds. The van der Waals surface area contributed by atoms with Crippen LogP contribution in [0.1, 0.15) is 31.8 Å². The van der Waals surface area contributed by atoms with Gasteiger partial charge in [0.15, 0.2) is 0 Å². The second kappa shape index (κ2) is 5.85. The summed E-state index contributed by atoms with van der Waals surface area (Å²) in [4.78, 5) is 22.0. The minimum Gasteiger partial charge on any atom is -0.478 e. The van der Waals surface area contributed by atoms with Gasteiger partial charge in [-0.2, -0.15) is 0 Å². The first-order valence-electron chi connectivity index (χ1n) is 6.57. The monoisotopic (exact) mass is 334 g/mol. The van der Waals surface area contributed by atoms with Crippen LogP contribution in [0, 0.1) is 13.8 Å². The van der Waals surface area contributed by atoms with Gasteiger partial charge in [-0.05, 0) is 43.7 Å². The molecule has 6 nitrogen and oxygen atoms in total. The molecule has 0 atom stereocenters. The Balaban J connectivity index is 2.67. The molecular formula is C16H14O6S. The van der Waals surface area contributed by atoms with Gasteiger partial charge in [-0.3, -0.25) is 0 Å². The highest BCUT2D eigenvalue weighted by atomic mass is 32.2. The molecule has 7 heteroatoms. The van der Waals surface area contributed by atoms with Crippen LogP contribution in [0.2, 0.25) is 0 Å². The number of hydrogen-bond acceptors (Lipinski definition) is 4. The fraction of sp³-hybridized carbons (Fsp3) is 0.125. The predicted molar refractivity (Wildman–Crippen MR) is 81.7 cm³/mol. The molecule has 120 valence electrons. The van der Waals surface area contributed by atoms with Crippen molar-refractivity contribution < 1.29 is 28.2 Å². The third kappa shape index (κ3) is 3.09. The van der Waals surface area contributed by atoms with Crippen LogP contribution in [-0.4, -0.2) is 30.6 Å². The maximum Gasteiger partial charge on any atom is 0.336 e. The maximum atomic E-state index is 12.7. The van der Waals surface area contributed by atoms with Gasteiger partial charge in [-0.25, -0.2) is 18.0 Å². The lowest BCUT2D eigenvalue weighted by Gasteiger charge is -2.10. The van der Waals surface area contributed by atoms with E-state index in [1.54, 1.807) is 19.1 Å². The lowest BCUT2D eigenvalue weighted by atomic mass is 10.1. The molecule has 0 aliphatic carbocycles. The third-order valence-corrected chi connectivity index (χ3v) is 5.29. The number of benzene rings is 2. The quantitative estimate of drug-likeness (QED) is 0.889. The second-order valence-corrected chi connectivity index (χ2v) is 7.01. The Kier molecular flexibility index (Phi) is 4.24. The molecule has 23 heavy (non-hydrogen) atoms. The van der Waals surface area contributed by atoms with E-state index in [0.29, 0.717) is 5.56 Å². The van der Waals surface area contributed by atoms with Gasteiger partial charge in [-0.1, -0.05) is 17.7 Å². The molecule has 0 aliphatic rings. The lowest BCUT2D eigenvalue weighted by molar-refractivity contribution is 0.0651. The summed E-state index contributed by atoms with van der Waals surface area (Å²) in [6, 6.07) is 7.76. The number of aromatic carboxylic acids is 2. The Hall–Kier alpha value is -2.67. The molecule has 2 rings (SSSR count). The van der Waals surface area contributed by atoms with Crippen molar-refractivity contribution in [1.82, 2.24) is 0 Å². The van der Waals surface area contributed by atoms with E-state index in [2.05, 4.69) is 0 Å². The maximum absolute atomic E-state index is 12.7. The van der Waals surface area contributed by atoms with E-state index < -0.39 is 32.9 Å². The van der Waals surface area contributed by atoms with Crippen LogP contribution < -0.4 is 0 Å². The molecule has 0 spiro atoms. The largest absolute Gasteiger partial charge is 0.478 e. The van der Waals surface area contributed by atoms with Crippen molar-refractivity contribution in [3.05, 3.63) is 58.7 Å². The summed E-state index contributed by atoms with van der Waals surface area (Å²) in [7, 11) is -3.94. The number of sulfone groups is 1. The Morgan fingerprint density at radius 3 is 2.00 bits per heavy atom. The Labute approximate surface area is 132 Å². The summed E-state index contributed by atoms with van der Waals surface area (Å²) < 4.78 is 25.4. The minimum atomic E-state index is -3.94. The van der Waals surface area contributed by atoms with E-state index in [-0.39, 0.29) is 9.79 Å². The summed E-state index contributed by atoms with van der Waals surface area (Å²) in [5.41, 5.74) is 0.401. The van der Waals surface area contributed by atoms with Gasteiger partial charge in [0.05, 0.1) is 20.9 Å². The Morgan fingerprint density at radius 2 is 1.48 bits per heavy atom. The van der Waals surface area contributed by atoms with Crippen LogP contribution >= 0.6 is 0 Å². The van der Waals surface area contributed by atoms with Gasteiger partial charge in [0.25, 0.3) is 0 Å². The highest BCUT2D eigenvalue weighted by molar-refractivity contribution is 7.91. The molecule has 0 saturated heterocycles. The fourth-order valence-electron chi connectivity index (χ4n) is 2.28. The first kappa shape index (κ1) is 16.7. The molecule has 0 unspecified atom stereocenters. The molecule has 2 aromatic rings. The van der Waals surface area contributed by atoms with Crippen LogP contribution in [0.25, 0.3) is 0 Å². The molecule has 0 saturated carbocycles. The van der Waals surface area contributed by atoms with Crippen molar-refractivity contribution in [1.29, 1.82) is 0 Å². The van der Waals surface area contributed by atoms with E-state index in [1.165, 1.54) is 6.07 Å². The highest BCUT2D eigenvalue weighted by Gasteiger charge is 2.24. The molecule has 0 aromatic heterocycles. The standard InChI is InChI=1S/C16H14O6S/c1-9-3-6-14(10(2)7-9)23(21,22)11-4-5-12(15(17)18)13(8-11)16(19)20/h3-8H,1-2H3,(H,17,18)(H,19,20). The fourth-order valence-corrected chi connectivity index (χ4v) is 3.79. The molecule has 0 heterocycles. The number of carboxylic acid groups (broad SMARTS) is 2. The number of hydrogen-bond donors (Lipinski definition) is 2. The first-order chi connectivity index (χ1) is 10.6. The van der Waals surface area contributed by atoms with Gasteiger partial charge in [0.1, 0.15) is 0 Å². The van der Waals surface area contributed by atoms with E-state index in [9.17, 15) is 18.0 Å². The summed E-state index contributed by atoms with van der Waals surface area (Å²) in [5, 5.41) is 18.1. The number of aryl methyl sites for hydroxylation is 2. The second-order valence-electron chi connectivity index (χ2n) is 5.09. The molecule has 2 aromatic carbocycles. The van der Waals surface area contributed by atoms with Gasteiger partial charge in [0.2, 0.25) is 9.84 Å². The van der Waals surface area contributed by atoms with Crippen LogP contribution in [0.4, 0.5) is 0 Å². The van der Waals surface area contributed by atoms with Crippen LogP contribution in [0.5, 0.6) is 0 Å². The van der Waals surface area contributed by atoms with Crippen molar-refractivity contribution in [3.63, 3.8) is 0 Å². The van der Waals surface area contributed by atoms with Crippen molar-refractivity contribution in [2.75, 3.05) is 0 Å². The Morgan fingerprint density at radius 1 is 0.870 bits per heavy atom. The number of carbonyl (C=O) groups is 2. The molecule has 2 N–H and O–H groups in total. The molecule has 0 bridgehead atoms. The van der Waals surface area contributed by atoms with E-state index in [4.69, 9.17) is 10.2 Å². The van der Waals surface area contributed by atoms with Crippen molar-refractivity contribution >= 4 is 21.8 Å². The van der Waals surface area contributed by atoms with E-state index >= 15 is 0 Å². The summed E-state index contributed by atoms with van der Waals surface area (Å²) in [6.07, 6.45) is 0. The van der Waals surface area contributed by atoms with Crippen LogP contribution in [0.15, 0.2) is 46.2 Å². The average molecular weight is 334 g/mol. The highest BCUT2D eigenvalue weighted by Crippen LogP contribution is 2.26. The van der Waals surface area contributed by atoms with Gasteiger partial charge >= 0.3 is 11.9 Å². The van der Waals surface area contributed by atoms with Crippen LogP contribution in [-0.2, 0) is 9.84 Å². The predicted octanol–water partition coefficient (Wildman–Crippen LogP) is 2.53. The van der Waals surface area contributed by atoms with Gasteiger partial charge in [-0.15, -0.1) is 0 Å². The summed E-state index contributed by atoms with van der Waals surface area (Å²) in [6.45, 7) is 3.47.